The first-order valence-corrected chi connectivity index (χ1v) is 16.0. The smallest absolute Gasteiger partial charge is 0.252 e. The second-order valence-electron chi connectivity index (χ2n) is 12.4. The molecule has 236 valence electrons. The van der Waals surface area contributed by atoms with Gasteiger partial charge in [0.2, 0.25) is 11.8 Å². The van der Waals surface area contributed by atoms with Crippen molar-refractivity contribution in [3.63, 3.8) is 0 Å². The van der Waals surface area contributed by atoms with Crippen molar-refractivity contribution in [2.75, 3.05) is 0 Å². The van der Waals surface area contributed by atoms with Gasteiger partial charge in [-0.15, -0.1) is 0 Å². The molecular weight excluding hydrogens is 558 g/mol. The van der Waals surface area contributed by atoms with E-state index in [1.165, 1.54) is 12.5 Å². The minimum Gasteiger partial charge on any atom is -0.383 e. The molecule has 0 aliphatic heterocycles. The highest BCUT2D eigenvalue weighted by molar-refractivity contribution is 6.02. The number of aromatic nitrogens is 4. The fraction of sp³-hybridized carbons (Fsp3) is 0.545. The lowest BCUT2D eigenvalue weighted by Gasteiger charge is -2.39. The Hall–Kier alpha value is -3.83. The van der Waals surface area contributed by atoms with Crippen LogP contribution in [-0.4, -0.2) is 65.8 Å². The summed E-state index contributed by atoms with van der Waals surface area (Å²) in [4.78, 5) is 58.0. The summed E-state index contributed by atoms with van der Waals surface area (Å²) in [6, 6.07) is 6.41. The molecule has 6 N–H and O–H groups in total. The van der Waals surface area contributed by atoms with Gasteiger partial charge in [0.1, 0.15) is 18.0 Å². The Kier molecular flexibility index (Phi) is 11.0. The van der Waals surface area contributed by atoms with Gasteiger partial charge in [-0.1, -0.05) is 75.3 Å². The van der Waals surface area contributed by atoms with Crippen molar-refractivity contribution in [3.05, 3.63) is 72.3 Å². The van der Waals surface area contributed by atoms with E-state index in [1.54, 1.807) is 12.4 Å². The van der Waals surface area contributed by atoms with Crippen LogP contribution in [0.15, 0.2) is 55.2 Å². The Balaban J connectivity index is 1.52. The first kappa shape index (κ1) is 31.6. The van der Waals surface area contributed by atoms with Gasteiger partial charge in [0.25, 0.3) is 5.91 Å². The van der Waals surface area contributed by atoms with Crippen molar-refractivity contribution in [3.8, 4) is 0 Å². The number of hydrogen-bond donors (Lipinski definition) is 5. The molecule has 0 bridgehead atoms. The minimum absolute atomic E-state index is 0.132. The Bertz CT molecular complexity index is 1320. The van der Waals surface area contributed by atoms with Crippen LogP contribution in [0.1, 0.15) is 87.4 Å². The summed E-state index contributed by atoms with van der Waals surface area (Å²) < 4.78 is 0. The highest BCUT2D eigenvalue weighted by Gasteiger charge is 2.43. The molecule has 5 rings (SSSR count). The molecule has 11 nitrogen and oxygen atoms in total. The van der Waals surface area contributed by atoms with Crippen molar-refractivity contribution in [1.82, 2.24) is 30.2 Å². The van der Waals surface area contributed by atoms with Gasteiger partial charge in [0, 0.05) is 43.0 Å². The second kappa shape index (κ2) is 15.3. The summed E-state index contributed by atoms with van der Waals surface area (Å²) in [5, 5.41) is 14.8. The number of aliphatic hydroxyl groups is 1. The molecule has 3 amide bonds. The highest BCUT2D eigenvalue weighted by Crippen LogP contribution is 2.34. The second-order valence-corrected chi connectivity index (χ2v) is 12.4. The lowest BCUT2D eigenvalue weighted by Crippen LogP contribution is -2.60. The van der Waals surface area contributed by atoms with Gasteiger partial charge in [-0.3, -0.25) is 19.3 Å². The molecule has 4 atom stereocenters. The summed E-state index contributed by atoms with van der Waals surface area (Å²) in [5.74, 6) is -1.04. The van der Waals surface area contributed by atoms with Crippen LogP contribution in [0.25, 0.3) is 0 Å². The van der Waals surface area contributed by atoms with Crippen molar-refractivity contribution in [1.29, 1.82) is 0 Å². The number of rotatable bonds is 13. The monoisotopic (exact) mass is 603 g/mol. The number of carbonyl (C=O) groups excluding carboxylic acids is 3. The average Bonchev–Trinajstić information content (AvgIpc) is 3.85. The summed E-state index contributed by atoms with van der Waals surface area (Å²) in [7, 11) is 0. The molecule has 2 saturated carbocycles. The number of aromatic amines is 2. The highest BCUT2D eigenvalue weighted by atomic mass is 16.3. The summed E-state index contributed by atoms with van der Waals surface area (Å²) >= 11 is 0. The van der Waals surface area contributed by atoms with Crippen LogP contribution in [-0.2, 0) is 27.2 Å². The molecule has 0 spiro atoms. The third-order valence-corrected chi connectivity index (χ3v) is 9.21. The van der Waals surface area contributed by atoms with E-state index in [0.29, 0.717) is 12.1 Å². The zero-order chi connectivity index (χ0) is 30.9. The third-order valence-electron chi connectivity index (χ3n) is 9.21. The van der Waals surface area contributed by atoms with Crippen molar-refractivity contribution in [2.24, 2.45) is 17.6 Å². The van der Waals surface area contributed by atoms with E-state index >= 15 is 0 Å². The fourth-order valence-electron chi connectivity index (χ4n) is 6.79. The van der Waals surface area contributed by atoms with Crippen LogP contribution in [0.4, 0.5) is 0 Å². The molecule has 2 heterocycles. The van der Waals surface area contributed by atoms with Gasteiger partial charge < -0.3 is 26.1 Å². The number of amides is 3. The van der Waals surface area contributed by atoms with Gasteiger partial charge in [-0.2, -0.15) is 0 Å². The number of imidazole rings is 2. The van der Waals surface area contributed by atoms with Crippen LogP contribution in [0.5, 0.6) is 0 Å². The number of aliphatic hydroxyl groups excluding tert-OH is 1. The van der Waals surface area contributed by atoms with Crippen LogP contribution < -0.4 is 11.1 Å². The Labute approximate surface area is 258 Å². The molecule has 0 saturated heterocycles. The molecule has 2 aliphatic carbocycles. The third kappa shape index (κ3) is 8.00. The maximum atomic E-state index is 14.8. The Morgan fingerprint density at radius 2 is 1.70 bits per heavy atom. The van der Waals surface area contributed by atoms with Crippen LogP contribution in [0.3, 0.4) is 0 Å². The van der Waals surface area contributed by atoms with Crippen molar-refractivity contribution >= 4 is 17.7 Å². The van der Waals surface area contributed by atoms with Crippen LogP contribution in [0.2, 0.25) is 0 Å². The number of H-pyrrole nitrogens is 2. The van der Waals surface area contributed by atoms with Crippen molar-refractivity contribution in [2.45, 2.75) is 101 Å². The van der Waals surface area contributed by atoms with Crippen LogP contribution >= 0.6 is 0 Å². The number of benzene rings is 1. The molecular formula is C33H45N7O4. The van der Waals surface area contributed by atoms with Gasteiger partial charge in [0.05, 0.1) is 18.4 Å². The molecule has 2 aliphatic rings. The normalized spacial score (nSPS) is 18.8. The predicted octanol–water partition coefficient (Wildman–Crippen LogP) is 3.35. The van der Waals surface area contributed by atoms with E-state index in [-0.39, 0.29) is 36.4 Å². The number of nitrogens with zero attached hydrogens (tertiary/aromatic N) is 3. The number of imide groups is 1. The average molecular weight is 604 g/mol. The zero-order valence-electron chi connectivity index (χ0n) is 25.2. The maximum absolute atomic E-state index is 14.8. The molecule has 3 aromatic rings. The van der Waals surface area contributed by atoms with Gasteiger partial charge in [-0.05, 0) is 30.7 Å². The van der Waals surface area contributed by atoms with Crippen LogP contribution in [0, 0.1) is 11.8 Å². The molecule has 1 aromatic carbocycles. The Morgan fingerprint density at radius 1 is 0.977 bits per heavy atom. The maximum Gasteiger partial charge on any atom is 0.252 e. The molecule has 0 radical (unpaired) electrons. The summed E-state index contributed by atoms with van der Waals surface area (Å²) in [5.41, 5.74) is 8.01. The molecule has 44 heavy (non-hydrogen) atoms. The van der Waals surface area contributed by atoms with Crippen molar-refractivity contribution < 1.29 is 19.5 Å². The van der Waals surface area contributed by atoms with E-state index in [4.69, 9.17) is 5.73 Å². The van der Waals surface area contributed by atoms with E-state index in [2.05, 4.69) is 25.3 Å². The largest absolute Gasteiger partial charge is 0.383 e. The lowest BCUT2D eigenvalue weighted by molar-refractivity contribution is -0.155. The Morgan fingerprint density at radius 3 is 2.36 bits per heavy atom. The number of nitrogens with two attached hydrogens (primary N) is 1. The van der Waals surface area contributed by atoms with E-state index < -0.39 is 36.0 Å². The quantitative estimate of drug-likeness (QED) is 0.199. The number of hydrogen-bond acceptors (Lipinski definition) is 7. The topological polar surface area (TPSA) is 170 Å². The SMILES string of the molecule is N[C@@H](Cc1cnc[nH]1)C(=O)N(C(=O)[C@H](Cc1ccccc1)NC(=O)C1CCCC1)[C@@H](CC1CCCCC1)[C@@H](O)c1ncc[nH]1. The zero-order valence-corrected chi connectivity index (χ0v) is 25.2. The van der Waals surface area contributed by atoms with Gasteiger partial charge >= 0.3 is 0 Å². The van der Waals surface area contributed by atoms with Gasteiger partial charge in [0.15, 0.2) is 0 Å². The fourth-order valence-corrected chi connectivity index (χ4v) is 6.79. The summed E-state index contributed by atoms with van der Waals surface area (Å²) in [6.07, 6.45) is 14.4. The summed E-state index contributed by atoms with van der Waals surface area (Å²) in [6.45, 7) is 0. The van der Waals surface area contributed by atoms with E-state index in [0.717, 1.165) is 68.3 Å². The first-order chi connectivity index (χ1) is 21.4. The lowest BCUT2D eigenvalue weighted by atomic mass is 9.82. The molecule has 11 heteroatoms. The predicted molar refractivity (Wildman–Crippen MR) is 165 cm³/mol. The molecule has 2 aromatic heterocycles. The standard InChI is InChI=1S/C33H45N7O4/c34-26(19-25-20-35-21-38-25)32(43)40(28(18-23-11-5-2-6-12-23)29(41)30-36-15-16-37-30)33(44)27(17-22-9-3-1-4-10-22)39-31(42)24-13-7-8-14-24/h1,3-4,9-10,15-16,20-21,23-24,26-29,41H,2,5-8,11-14,17-19,34H2,(H,35,38)(H,36,37)(H,39,42)/t26-,27-,28-,29+/m0/s1. The molecule has 2 fully saturated rings. The first-order valence-electron chi connectivity index (χ1n) is 16.0. The van der Waals surface area contributed by atoms with E-state index in [9.17, 15) is 19.5 Å². The number of nitrogens with one attached hydrogen (secondary N) is 3. The number of carbonyl (C=O) groups is 3. The minimum atomic E-state index is -1.26. The van der Waals surface area contributed by atoms with E-state index in [1.807, 2.05) is 30.3 Å². The van der Waals surface area contributed by atoms with Gasteiger partial charge in [-0.25, -0.2) is 9.97 Å². The molecule has 0 unspecified atom stereocenters.